The minimum atomic E-state index is -0.611. The van der Waals surface area contributed by atoms with Crippen molar-refractivity contribution in [3.05, 3.63) is 0 Å². The van der Waals surface area contributed by atoms with Gasteiger partial charge in [0.1, 0.15) is 5.54 Å². The predicted octanol–water partition coefficient (Wildman–Crippen LogP) is 1.33. The smallest absolute Gasteiger partial charge is 0.326 e. The summed E-state index contributed by atoms with van der Waals surface area (Å²) in [5, 5.41) is 3.15. The maximum Gasteiger partial charge on any atom is 0.326 e. The van der Waals surface area contributed by atoms with Crippen LogP contribution in [-0.2, 0) is 9.53 Å². The molecule has 0 aromatic heterocycles. The highest BCUT2D eigenvalue weighted by atomic mass is 16.5. The number of piperazine rings is 1. The van der Waals surface area contributed by atoms with Gasteiger partial charge in [-0.05, 0) is 47.7 Å². The fourth-order valence-corrected chi connectivity index (χ4v) is 3.19. The van der Waals surface area contributed by atoms with Crippen molar-refractivity contribution in [2.75, 3.05) is 39.8 Å². The van der Waals surface area contributed by atoms with Gasteiger partial charge in [0, 0.05) is 31.7 Å². The summed E-state index contributed by atoms with van der Waals surface area (Å²) in [4.78, 5) is 17.2. The molecule has 1 rings (SSSR count). The molecule has 5 heteroatoms. The van der Waals surface area contributed by atoms with Gasteiger partial charge in [-0.3, -0.25) is 14.6 Å². The van der Waals surface area contributed by atoms with E-state index >= 15 is 0 Å². The van der Waals surface area contributed by atoms with E-state index < -0.39 is 5.54 Å². The van der Waals surface area contributed by atoms with Crippen LogP contribution in [0.5, 0.6) is 0 Å². The molecule has 124 valence electrons. The summed E-state index contributed by atoms with van der Waals surface area (Å²) >= 11 is 0. The molecule has 21 heavy (non-hydrogen) atoms. The number of nitrogens with one attached hydrogen (secondary N) is 1. The van der Waals surface area contributed by atoms with Gasteiger partial charge >= 0.3 is 5.97 Å². The second-order valence-corrected chi connectivity index (χ2v) is 6.33. The SMILES string of the molecule is CCOC(=O)C(C)(CC(C)N1CCN(CC)C(C)C1)NC. The maximum atomic E-state index is 12.2. The van der Waals surface area contributed by atoms with Crippen LogP contribution in [0.3, 0.4) is 0 Å². The molecular weight excluding hydrogens is 266 g/mol. The van der Waals surface area contributed by atoms with Gasteiger partial charge < -0.3 is 10.1 Å². The molecule has 1 saturated heterocycles. The Morgan fingerprint density at radius 2 is 2.10 bits per heavy atom. The first-order chi connectivity index (χ1) is 9.87. The Morgan fingerprint density at radius 3 is 2.57 bits per heavy atom. The van der Waals surface area contributed by atoms with Crippen LogP contribution in [-0.4, -0.2) is 73.2 Å². The van der Waals surface area contributed by atoms with Crippen LogP contribution < -0.4 is 5.32 Å². The number of ether oxygens (including phenoxy) is 1. The average Bonchev–Trinajstić information content (AvgIpc) is 2.47. The molecule has 1 aliphatic rings. The highest BCUT2D eigenvalue weighted by Gasteiger charge is 2.37. The van der Waals surface area contributed by atoms with Gasteiger partial charge in [0.05, 0.1) is 6.61 Å². The zero-order valence-corrected chi connectivity index (χ0v) is 14.6. The summed E-state index contributed by atoms with van der Waals surface area (Å²) in [6, 6.07) is 0.933. The zero-order chi connectivity index (χ0) is 16.0. The summed E-state index contributed by atoms with van der Waals surface area (Å²) in [5.74, 6) is -0.153. The van der Waals surface area contributed by atoms with E-state index in [-0.39, 0.29) is 5.97 Å². The van der Waals surface area contributed by atoms with Crippen molar-refractivity contribution in [3.63, 3.8) is 0 Å². The third-order valence-electron chi connectivity index (χ3n) is 4.81. The summed E-state index contributed by atoms with van der Waals surface area (Å²) < 4.78 is 5.21. The number of esters is 1. The fourth-order valence-electron chi connectivity index (χ4n) is 3.19. The molecule has 0 aliphatic carbocycles. The highest BCUT2D eigenvalue weighted by molar-refractivity contribution is 5.80. The predicted molar refractivity (Wildman–Crippen MR) is 86.5 cm³/mol. The molecule has 0 aromatic rings. The minimum Gasteiger partial charge on any atom is -0.465 e. The normalized spacial score (nSPS) is 25.3. The molecule has 0 aromatic carbocycles. The van der Waals surface area contributed by atoms with E-state index in [1.165, 1.54) is 0 Å². The fraction of sp³-hybridized carbons (Fsp3) is 0.938. The number of carbonyl (C=O) groups excluding carboxylic acids is 1. The Balaban J connectivity index is 2.62. The lowest BCUT2D eigenvalue weighted by Gasteiger charge is -2.43. The van der Waals surface area contributed by atoms with Gasteiger partial charge in [0.15, 0.2) is 0 Å². The van der Waals surface area contributed by atoms with Crippen molar-refractivity contribution in [1.82, 2.24) is 15.1 Å². The van der Waals surface area contributed by atoms with E-state index in [1.54, 1.807) is 0 Å². The van der Waals surface area contributed by atoms with Crippen molar-refractivity contribution in [3.8, 4) is 0 Å². The monoisotopic (exact) mass is 299 g/mol. The van der Waals surface area contributed by atoms with Crippen LogP contribution in [0.25, 0.3) is 0 Å². The Bertz CT molecular complexity index is 337. The Hall–Kier alpha value is -0.650. The summed E-state index contributed by atoms with van der Waals surface area (Å²) in [5.41, 5.74) is -0.611. The molecule has 5 nitrogen and oxygen atoms in total. The Kier molecular flexibility index (Phi) is 7.10. The van der Waals surface area contributed by atoms with Crippen molar-refractivity contribution >= 4 is 5.97 Å². The first kappa shape index (κ1) is 18.4. The molecule has 1 N–H and O–H groups in total. The minimum absolute atomic E-state index is 0.153. The number of carbonyl (C=O) groups is 1. The Morgan fingerprint density at radius 1 is 1.43 bits per heavy atom. The summed E-state index contributed by atoms with van der Waals surface area (Å²) in [7, 11) is 1.83. The molecule has 1 aliphatic heterocycles. The molecule has 1 heterocycles. The molecule has 0 bridgehead atoms. The first-order valence-electron chi connectivity index (χ1n) is 8.22. The molecular formula is C16H33N3O2. The van der Waals surface area contributed by atoms with E-state index in [9.17, 15) is 4.79 Å². The molecule has 3 atom stereocenters. The maximum absolute atomic E-state index is 12.2. The molecule has 0 saturated carbocycles. The van der Waals surface area contributed by atoms with E-state index in [0.29, 0.717) is 18.7 Å². The lowest BCUT2D eigenvalue weighted by Crippen LogP contribution is -2.57. The number of likely N-dealkylation sites (N-methyl/N-ethyl adjacent to an activating group) is 2. The van der Waals surface area contributed by atoms with Crippen molar-refractivity contribution in [2.45, 2.75) is 58.7 Å². The third kappa shape index (κ3) is 4.66. The van der Waals surface area contributed by atoms with Gasteiger partial charge in [-0.25, -0.2) is 0 Å². The van der Waals surface area contributed by atoms with Crippen LogP contribution in [0.1, 0.15) is 41.0 Å². The standard InChI is InChI=1S/C16H33N3O2/c1-7-18-9-10-19(12-14(18)4)13(3)11-16(5,17-6)15(20)21-8-2/h13-14,17H,7-12H2,1-6H3. The topological polar surface area (TPSA) is 44.8 Å². The van der Waals surface area contributed by atoms with E-state index in [0.717, 1.165) is 32.6 Å². The molecule has 0 amide bonds. The number of nitrogens with zero attached hydrogens (tertiary/aromatic N) is 2. The van der Waals surface area contributed by atoms with Gasteiger partial charge in [-0.2, -0.15) is 0 Å². The van der Waals surface area contributed by atoms with Crippen molar-refractivity contribution in [2.24, 2.45) is 0 Å². The van der Waals surface area contributed by atoms with E-state index in [1.807, 2.05) is 20.9 Å². The lowest BCUT2D eigenvalue weighted by molar-refractivity contribution is -0.151. The second-order valence-electron chi connectivity index (χ2n) is 6.33. The van der Waals surface area contributed by atoms with Crippen LogP contribution in [0.2, 0.25) is 0 Å². The average molecular weight is 299 g/mol. The van der Waals surface area contributed by atoms with Crippen LogP contribution in [0, 0.1) is 0 Å². The zero-order valence-electron chi connectivity index (χ0n) is 14.6. The lowest BCUT2D eigenvalue weighted by atomic mass is 9.92. The Labute approximate surface area is 130 Å². The largest absolute Gasteiger partial charge is 0.465 e. The number of rotatable bonds is 7. The van der Waals surface area contributed by atoms with Gasteiger partial charge in [0.2, 0.25) is 0 Å². The highest BCUT2D eigenvalue weighted by Crippen LogP contribution is 2.20. The van der Waals surface area contributed by atoms with Crippen molar-refractivity contribution in [1.29, 1.82) is 0 Å². The molecule has 1 fully saturated rings. The quantitative estimate of drug-likeness (QED) is 0.719. The van der Waals surface area contributed by atoms with Crippen LogP contribution >= 0.6 is 0 Å². The summed E-state index contributed by atoms with van der Waals surface area (Å²) in [6.07, 6.45) is 0.765. The summed E-state index contributed by atoms with van der Waals surface area (Å²) in [6.45, 7) is 15.3. The second kappa shape index (κ2) is 8.11. The van der Waals surface area contributed by atoms with E-state index in [4.69, 9.17) is 4.74 Å². The molecule has 3 unspecified atom stereocenters. The van der Waals surface area contributed by atoms with Crippen molar-refractivity contribution < 1.29 is 9.53 Å². The number of hydrogen-bond donors (Lipinski definition) is 1. The van der Waals surface area contributed by atoms with Gasteiger partial charge in [0.25, 0.3) is 0 Å². The molecule has 0 radical (unpaired) electrons. The first-order valence-corrected chi connectivity index (χ1v) is 8.22. The van der Waals surface area contributed by atoms with Gasteiger partial charge in [-0.1, -0.05) is 6.92 Å². The van der Waals surface area contributed by atoms with Crippen LogP contribution in [0.4, 0.5) is 0 Å². The molecule has 0 spiro atoms. The van der Waals surface area contributed by atoms with Crippen LogP contribution in [0.15, 0.2) is 0 Å². The van der Waals surface area contributed by atoms with E-state index in [2.05, 4.69) is 35.9 Å². The van der Waals surface area contributed by atoms with Gasteiger partial charge in [-0.15, -0.1) is 0 Å². The third-order valence-corrected chi connectivity index (χ3v) is 4.81. The number of hydrogen-bond acceptors (Lipinski definition) is 5.